The molecule has 2 saturated heterocycles. The molecule has 2 unspecified atom stereocenters. The van der Waals surface area contributed by atoms with Crippen LogP contribution >= 0.6 is 0 Å². The lowest BCUT2D eigenvalue weighted by molar-refractivity contribution is -0.192. The molecule has 2 aliphatic heterocycles. The lowest BCUT2D eigenvalue weighted by Gasteiger charge is -2.29. The molecular weight excluding hydrogens is 463 g/mol. The lowest BCUT2D eigenvalue weighted by atomic mass is 10.1. The molecule has 1 aromatic carbocycles. The van der Waals surface area contributed by atoms with E-state index in [1.807, 2.05) is 25.1 Å². The fourth-order valence-corrected chi connectivity index (χ4v) is 4.80. The third-order valence-corrected chi connectivity index (χ3v) is 6.48. The van der Waals surface area contributed by atoms with Crippen molar-refractivity contribution in [3.63, 3.8) is 0 Å². The number of benzene rings is 1. The predicted molar refractivity (Wildman–Crippen MR) is 119 cm³/mol. The van der Waals surface area contributed by atoms with Gasteiger partial charge >= 0.3 is 12.1 Å². The molecule has 2 fully saturated rings. The van der Waals surface area contributed by atoms with Crippen molar-refractivity contribution in [3.8, 4) is 0 Å². The minimum atomic E-state index is -5.08. The number of rotatable bonds is 5. The van der Waals surface area contributed by atoms with Crippen LogP contribution in [0, 0.1) is 6.92 Å². The Labute approximate surface area is 191 Å². The van der Waals surface area contributed by atoms with Gasteiger partial charge in [-0.2, -0.15) is 13.2 Å². The standard InChI is InChI=1S/C19H29N3O3S.C2HF3O2/c1-14-11-16(20-19(23)13-26(3,24)25)6-7-18(14)21-10-8-17(12-21)22-9-4-5-15(22)2;3-2(4,5)1(6)7/h6-7,11,15,17H,4-5,8-10,12-13H2,1-3H3,(H,20,23);(H,6,7). The molecule has 0 bridgehead atoms. The fourth-order valence-electron chi connectivity index (χ4n) is 4.25. The molecule has 2 heterocycles. The van der Waals surface area contributed by atoms with Crippen LogP contribution in [0.1, 0.15) is 31.7 Å². The van der Waals surface area contributed by atoms with E-state index in [1.54, 1.807) is 0 Å². The number of carboxylic acid groups (broad SMARTS) is 1. The third kappa shape index (κ3) is 8.18. The molecule has 2 N–H and O–H groups in total. The monoisotopic (exact) mass is 493 g/mol. The molecule has 33 heavy (non-hydrogen) atoms. The molecule has 12 heteroatoms. The smallest absolute Gasteiger partial charge is 0.475 e. The Kier molecular flexibility index (Phi) is 8.75. The molecule has 3 rings (SSSR count). The molecular formula is C21H30F3N3O5S. The maximum Gasteiger partial charge on any atom is 0.490 e. The van der Waals surface area contributed by atoms with Crippen molar-refractivity contribution in [1.82, 2.24) is 4.90 Å². The average molecular weight is 494 g/mol. The van der Waals surface area contributed by atoms with Crippen LogP contribution in [-0.4, -0.2) is 80.2 Å². The van der Waals surface area contributed by atoms with E-state index in [9.17, 15) is 26.4 Å². The van der Waals surface area contributed by atoms with Crippen LogP contribution in [0.2, 0.25) is 0 Å². The number of sulfone groups is 1. The number of carbonyl (C=O) groups is 2. The average Bonchev–Trinajstić information content (AvgIpc) is 3.28. The lowest BCUT2D eigenvalue weighted by Crippen LogP contribution is -2.39. The molecule has 2 aliphatic rings. The van der Waals surface area contributed by atoms with E-state index in [2.05, 4.69) is 22.0 Å². The largest absolute Gasteiger partial charge is 0.490 e. The zero-order valence-corrected chi connectivity index (χ0v) is 19.7. The second-order valence-corrected chi connectivity index (χ2v) is 10.7. The minimum absolute atomic E-state index is 0.490. The van der Waals surface area contributed by atoms with Gasteiger partial charge in [-0.3, -0.25) is 9.69 Å². The van der Waals surface area contributed by atoms with Crippen LogP contribution in [-0.2, 0) is 19.4 Å². The van der Waals surface area contributed by atoms with E-state index in [0.29, 0.717) is 17.8 Å². The number of halogens is 3. The first-order chi connectivity index (χ1) is 15.2. The molecule has 0 spiro atoms. The zero-order valence-electron chi connectivity index (χ0n) is 18.9. The van der Waals surface area contributed by atoms with Crippen LogP contribution < -0.4 is 10.2 Å². The van der Waals surface area contributed by atoms with Crippen molar-refractivity contribution in [3.05, 3.63) is 23.8 Å². The van der Waals surface area contributed by atoms with Gasteiger partial charge in [0.05, 0.1) is 0 Å². The predicted octanol–water partition coefficient (Wildman–Crippen LogP) is 2.67. The van der Waals surface area contributed by atoms with Gasteiger partial charge in [-0.1, -0.05) is 0 Å². The van der Waals surface area contributed by atoms with Crippen molar-refractivity contribution in [2.45, 2.75) is 51.4 Å². The van der Waals surface area contributed by atoms with Crippen molar-refractivity contribution >= 4 is 33.1 Å². The highest BCUT2D eigenvalue weighted by Gasteiger charge is 2.38. The molecule has 186 valence electrons. The highest BCUT2D eigenvalue weighted by atomic mass is 32.2. The zero-order chi connectivity index (χ0) is 25.0. The molecule has 8 nitrogen and oxygen atoms in total. The van der Waals surface area contributed by atoms with E-state index >= 15 is 0 Å². The van der Waals surface area contributed by atoms with Crippen LogP contribution in [0.4, 0.5) is 24.5 Å². The quantitative estimate of drug-likeness (QED) is 0.650. The second-order valence-electron chi connectivity index (χ2n) is 8.54. The summed E-state index contributed by atoms with van der Waals surface area (Å²) in [5.74, 6) is -3.74. The first-order valence-corrected chi connectivity index (χ1v) is 12.6. The van der Waals surface area contributed by atoms with Crippen molar-refractivity contribution < 1.29 is 36.3 Å². The molecule has 0 radical (unpaired) electrons. The number of alkyl halides is 3. The molecule has 0 aliphatic carbocycles. The Morgan fingerprint density at radius 3 is 2.33 bits per heavy atom. The highest BCUT2D eigenvalue weighted by Crippen LogP contribution is 2.31. The summed E-state index contributed by atoms with van der Waals surface area (Å²) in [5.41, 5.74) is 2.93. The second kappa shape index (κ2) is 10.7. The number of carboxylic acids is 1. The maximum absolute atomic E-state index is 11.8. The SMILES string of the molecule is Cc1cc(NC(=O)CS(C)(=O)=O)ccc1N1CCC(N2CCCC2C)C1.O=C(O)C(F)(F)F. The van der Waals surface area contributed by atoms with Crippen LogP contribution in [0.15, 0.2) is 18.2 Å². The number of aryl methyl sites for hydroxylation is 1. The summed E-state index contributed by atoms with van der Waals surface area (Å²) in [6.45, 7) is 7.67. The number of hydrogen-bond acceptors (Lipinski definition) is 6. The van der Waals surface area contributed by atoms with Gasteiger partial charge in [-0.05, 0) is 63.4 Å². The van der Waals surface area contributed by atoms with Gasteiger partial charge in [0, 0.05) is 42.8 Å². The van der Waals surface area contributed by atoms with E-state index < -0.39 is 33.6 Å². The summed E-state index contributed by atoms with van der Waals surface area (Å²) in [7, 11) is -3.32. The van der Waals surface area contributed by atoms with E-state index in [4.69, 9.17) is 9.90 Å². The van der Waals surface area contributed by atoms with Gasteiger partial charge in [0.25, 0.3) is 0 Å². The summed E-state index contributed by atoms with van der Waals surface area (Å²) in [6.07, 6.45) is -0.224. The fraction of sp³-hybridized carbons (Fsp3) is 0.619. The van der Waals surface area contributed by atoms with Crippen LogP contribution in [0.25, 0.3) is 0 Å². The first kappa shape index (κ1) is 26.9. The van der Waals surface area contributed by atoms with Gasteiger partial charge in [0.15, 0.2) is 9.84 Å². The van der Waals surface area contributed by atoms with Gasteiger partial charge in [-0.25, -0.2) is 13.2 Å². The minimum Gasteiger partial charge on any atom is -0.475 e. The molecule has 2 atom stereocenters. The number of aliphatic carboxylic acids is 1. The van der Waals surface area contributed by atoms with Crippen LogP contribution in [0.5, 0.6) is 0 Å². The Balaban J connectivity index is 0.000000479. The van der Waals surface area contributed by atoms with E-state index in [1.165, 1.54) is 31.5 Å². The van der Waals surface area contributed by atoms with E-state index in [-0.39, 0.29) is 0 Å². The topological polar surface area (TPSA) is 107 Å². The van der Waals surface area contributed by atoms with Gasteiger partial charge in [-0.15, -0.1) is 0 Å². The summed E-state index contributed by atoms with van der Waals surface area (Å²) < 4.78 is 54.2. The van der Waals surface area contributed by atoms with Gasteiger partial charge < -0.3 is 15.3 Å². The summed E-state index contributed by atoms with van der Waals surface area (Å²) >= 11 is 0. The number of amides is 1. The molecule has 0 aromatic heterocycles. The Hall–Kier alpha value is -2.34. The van der Waals surface area contributed by atoms with Crippen molar-refractivity contribution in [2.24, 2.45) is 0 Å². The van der Waals surface area contributed by atoms with Crippen molar-refractivity contribution in [2.75, 3.05) is 41.9 Å². The number of nitrogens with zero attached hydrogens (tertiary/aromatic N) is 2. The first-order valence-electron chi connectivity index (χ1n) is 10.6. The summed E-state index contributed by atoms with van der Waals surface area (Å²) in [5, 5.41) is 9.80. The maximum atomic E-state index is 11.8. The summed E-state index contributed by atoms with van der Waals surface area (Å²) in [4.78, 5) is 25.8. The molecule has 1 aromatic rings. The van der Waals surface area contributed by atoms with Gasteiger partial charge in [0.2, 0.25) is 5.91 Å². The molecule has 1 amide bonds. The Morgan fingerprint density at radius 2 is 1.85 bits per heavy atom. The number of hydrogen-bond donors (Lipinski definition) is 2. The molecule has 0 saturated carbocycles. The third-order valence-electron chi connectivity index (χ3n) is 5.69. The Bertz CT molecular complexity index is 968. The summed E-state index contributed by atoms with van der Waals surface area (Å²) in [6, 6.07) is 7.12. The number of nitrogens with one attached hydrogen (secondary N) is 1. The number of likely N-dealkylation sites (tertiary alicyclic amines) is 1. The Morgan fingerprint density at radius 1 is 1.21 bits per heavy atom. The van der Waals surface area contributed by atoms with Crippen LogP contribution in [0.3, 0.4) is 0 Å². The van der Waals surface area contributed by atoms with Crippen molar-refractivity contribution in [1.29, 1.82) is 0 Å². The highest BCUT2D eigenvalue weighted by molar-refractivity contribution is 7.91. The van der Waals surface area contributed by atoms with E-state index in [0.717, 1.165) is 24.9 Å². The normalized spacial score (nSPS) is 21.5. The van der Waals surface area contributed by atoms with Gasteiger partial charge in [0.1, 0.15) is 5.75 Å². The number of carbonyl (C=O) groups excluding carboxylic acids is 1. The number of anilines is 2.